The molecule has 2 atom stereocenters. The van der Waals surface area contributed by atoms with E-state index in [1.165, 1.54) is 9.13 Å². The largest absolute Gasteiger partial charge is 0.341 e. The second-order valence-electron chi connectivity index (χ2n) is 7.67. The van der Waals surface area contributed by atoms with Crippen LogP contribution in [0.3, 0.4) is 0 Å². The van der Waals surface area contributed by atoms with Crippen LogP contribution in [0.5, 0.6) is 0 Å². The number of rotatable bonds is 4. The van der Waals surface area contributed by atoms with Crippen LogP contribution in [-0.2, 0) is 13.6 Å². The second kappa shape index (κ2) is 7.84. The van der Waals surface area contributed by atoms with Gasteiger partial charge in [-0.3, -0.25) is 23.6 Å². The summed E-state index contributed by atoms with van der Waals surface area (Å²) < 4.78 is 4.48. The standard InChI is InChI=1S/C20H26N8O2/c1-4-5-9-27-16-17(24-19(27)26-8-6-7-15(21)12-26)25(3)20(30)28(18(16)29)13(2)14-10-22-23-11-14/h10-11,13,15H,6-9,12,21H2,1-3H3,(H,22,23)/t13?,15-/m1/s1. The molecule has 0 bridgehead atoms. The van der Waals surface area contributed by atoms with E-state index in [4.69, 9.17) is 10.7 Å². The van der Waals surface area contributed by atoms with Crippen molar-refractivity contribution in [1.29, 1.82) is 0 Å². The van der Waals surface area contributed by atoms with Crippen LogP contribution in [0.1, 0.15) is 38.3 Å². The average Bonchev–Trinajstić information content (AvgIpc) is 3.39. The van der Waals surface area contributed by atoms with Crippen molar-refractivity contribution in [1.82, 2.24) is 28.9 Å². The first kappa shape index (κ1) is 20.0. The molecule has 0 aromatic carbocycles. The molecule has 0 radical (unpaired) electrons. The van der Waals surface area contributed by atoms with Crippen molar-refractivity contribution in [2.45, 2.75) is 45.3 Å². The first-order chi connectivity index (χ1) is 14.4. The van der Waals surface area contributed by atoms with Gasteiger partial charge < -0.3 is 10.6 Å². The fourth-order valence-electron chi connectivity index (χ4n) is 4.05. The van der Waals surface area contributed by atoms with Gasteiger partial charge in [-0.2, -0.15) is 10.1 Å². The van der Waals surface area contributed by atoms with Crippen LogP contribution in [0.15, 0.2) is 22.0 Å². The molecular formula is C20H26N8O2. The van der Waals surface area contributed by atoms with Crippen molar-refractivity contribution in [3.63, 3.8) is 0 Å². The molecule has 10 nitrogen and oxygen atoms in total. The van der Waals surface area contributed by atoms with Crippen LogP contribution in [0, 0.1) is 11.8 Å². The molecule has 1 aliphatic heterocycles. The summed E-state index contributed by atoms with van der Waals surface area (Å²) in [5, 5.41) is 6.67. The van der Waals surface area contributed by atoms with Gasteiger partial charge in [0.15, 0.2) is 11.2 Å². The van der Waals surface area contributed by atoms with E-state index in [9.17, 15) is 9.59 Å². The molecule has 3 aromatic heterocycles. The van der Waals surface area contributed by atoms with Crippen molar-refractivity contribution in [2.75, 3.05) is 18.0 Å². The summed E-state index contributed by atoms with van der Waals surface area (Å²) in [5.41, 5.74) is 6.83. The van der Waals surface area contributed by atoms with Crippen LogP contribution in [0.2, 0.25) is 0 Å². The number of imidazole rings is 1. The minimum absolute atomic E-state index is 0.0471. The van der Waals surface area contributed by atoms with Gasteiger partial charge in [0.1, 0.15) is 0 Å². The number of piperidine rings is 1. The van der Waals surface area contributed by atoms with E-state index in [0.29, 0.717) is 30.2 Å². The Balaban J connectivity index is 1.98. The van der Waals surface area contributed by atoms with Crippen molar-refractivity contribution in [3.05, 3.63) is 38.8 Å². The number of nitrogens with one attached hydrogen (secondary N) is 1. The zero-order chi connectivity index (χ0) is 21.4. The van der Waals surface area contributed by atoms with E-state index in [1.807, 2.05) is 4.57 Å². The molecule has 4 heterocycles. The highest BCUT2D eigenvalue weighted by molar-refractivity contribution is 5.75. The summed E-state index contributed by atoms with van der Waals surface area (Å²) in [5.74, 6) is 6.55. The van der Waals surface area contributed by atoms with Crippen LogP contribution in [-0.4, -0.2) is 48.0 Å². The number of fused-ring (bicyclic) bond motifs is 1. The molecule has 1 unspecified atom stereocenters. The van der Waals surface area contributed by atoms with Gasteiger partial charge in [-0.15, -0.1) is 5.92 Å². The van der Waals surface area contributed by atoms with Gasteiger partial charge in [-0.25, -0.2) is 4.79 Å². The fourth-order valence-corrected chi connectivity index (χ4v) is 4.05. The Labute approximate surface area is 173 Å². The first-order valence-corrected chi connectivity index (χ1v) is 10.0. The van der Waals surface area contributed by atoms with Gasteiger partial charge in [0, 0.05) is 37.9 Å². The zero-order valence-corrected chi connectivity index (χ0v) is 17.4. The Bertz CT molecular complexity index is 1240. The minimum Gasteiger partial charge on any atom is -0.341 e. The van der Waals surface area contributed by atoms with Crippen molar-refractivity contribution in [3.8, 4) is 11.8 Å². The smallest absolute Gasteiger partial charge is 0.333 e. The Morgan fingerprint density at radius 3 is 2.87 bits per heavy atom. The number of nitrogens with zero attached hydrogens (tertiary/aromatic N) is 6. The summed E-state index contributed by atoms with van der Waals surface area (Å²) in [6.07, 6.45) is 5.20. The van der Waals surface area contributed by atoms with E-state index in [2.05, 4.69) is 26.9 Å². The van der Waals surface area contributed by atoms with E-state index in [1.54, 1.807) is 33.3 Å². The number of hydrogen-bond acceptors (Lipinski definition) is 6. The highest BCUT2D eigenvalue weighted by atomic mass is 16.2. The van der Waals surface area contributed by atoms with Gasteiger partial charge in [0.25, 0.3) is 5.56 Å². The average molecular weight is 410 g/mol. The Hall–Kier alpha value is -3.32. The topological polar surface area (TPSA) is 120 Å². The molecule has 4 rings (SSSR count). The SMILES string of the molecule is CC#CCn1c(N2CCC[C@@H](N)C2)nc2c1c(=O)n(C(C)c1cn[nH]c1)c(=O)n2C. The molecule has 0 amide bonds. The molecule has 158 valence electrons. The Morgan fingerprint density at radius 2 is 2.20 bits per heavy atom. The number of aromatic amines is 1. The highest BCUT2D eigenvalue weighted by Gasteiger charge is 2.27. The van der Waals surface area contributed by atoms with Crippen molar-refractivity contribution in [2.24, 2.45) is 12.8 Å². The fraction of sp³-hybridized carbons (Fsp3) is 0.500. The molecule has 3 aromatic rings. The lowest BCUT2D eigenvalue weighted by molar-refractivity contribution is 0.496. The molecule has 0 spiro atoms. The van der Waals surface area contributed by atoms with Gasteiger partial charge in [0.05, 0.1) is 18.8 Å². The third-order valence-electron chi connectivity index (χ3n) is 5.70. The maximum absolute atomic E-state index is 13.5. The molecule has 1 saturated heterocycles. The van der Waals surface area contributed by atoms with Gasteiger partial charge in [-0.1, -0.05) is 5.92 Å². The van der Waals surface area contributed by atoms with E-state index in [0.717, 1.165) is 24.9 Å². The summed E-state index contributed by atoms with van der Waals surface area (Å²) >= 11 is 0. The Kier molecular flexibility index (Phi) is 5.22. The third-order valence-corrected chi connectivity index (χ3v) is 5.70. The van der Waals surface area contributed by atoms with E-state index >= 15 is 0 Å². The number of nitrogens with two attached hydrogens (primary N) is 1. The third kappa shape index (κ3) is 3.21. The van der Waals surface area contributed by atoms with Gasteiger partial charge in [0.2, 0.25) is 5.95 Å². The van der Waals surface area contributed by atoms with E-state index < -0.39 is 11.7 Å². The van der Waals surface area contributed by atoms with Gasteiger partial charge >= 0.3 is 5.69 Å². The van der Waals surface area contributed by atoms with Crippen LogP contribution in [0.25, 0.3) is 11.2 Å². The maximum Gasteiger partial charge on any atom is 0.333 e. The number of aryl methyl sites for hydroxylation is 1. The molecule has 10 heteroatoms. The number of aromatic nitrogens is 6. The number of H-pyrrole nitrogens is 1. The quantitative estimate of drug-likeness (QED) is 0.592. The monoisotopic (exact) mass is 410 g/mol. The van der Waals surface area contributed by atoms with Crippen LogP contribution < -0.4 is 21.9 Å². The van der Waals surface area contributed by atoms with Crippen molar-refractivity contribution < 1.29 is 0 Å². The summed E-state index contributed by atoms with van der Waals surface area (Å²) in [6, 6.07) is -0.433. The molecular weight excluding hydrogens is 384 g/mol. The van der Waals surface area contributed by atoms with E-state index in [-0.39, 0.29) is 11.6 Å². The lowest BCUT2D eigenvalue weighted by atomic mass is 10.1. The normalized spacial score (nSPS) is 17.7. The van der Waals surface area contributed by atoms with Gasteiger partial charge in [-0.05, 0) is 26.7 Å². The molecule has 1 fully saturated rings. The maximum atomic E-state index is 13.5. The molecule has 0 aliphatic carbocycles. The highest BCUT2D eigenvalue weighted by Crippen LogP contribution is 2.23. The summed E-state index contributed by atoms with van der Waals surface area (Å²) in [6.45, 7) is 5.31. The molecule has 0 saturated carbocycles. The van der Waals surface area contributed by atoms with Crippen LogP contribution in [0.4, 0.5) is 5.95 Å². The van der Waals surface area contributed by atoms with Crippen LogP contribution >= 0.6 is 0 Å². The molecule has 1 aliphatic rings. The Morgan fingerprint density at radius 1 is 1.40 bits per heavy atom. The molecule has 3 N–H and O–H groups in total. The minimum atomic E-state index is -0.480. The predicted molar refractivity (Wildman–Crippen MR) is 115 cm³/mol. The molecule has 30 heavy (non-hydrogen) atoms. The summed E-state index contributed by atoms with van der Waals surface area (Å²) in [7, 11) is 1.64. The summed E-state index contributed by atoms with van der Waals surface area (Å²) in [4.78, 5) is 33.4. The second-order valence-corrected chi connectivity index (χ2v) is 7.67. The lowest BCUT2D eigenvalue weighted by Crippen LogP contribution is -2.44. The zero-order valence-electron chi connectivity index (χ0n) is 17.4. The number of hydrogen-bond donors (Lipinski definition) is 2. The predicted octanol–water partition coefficient (Wildman–Crippen LogP) is 0.180. The number of anilines is 1. The van der Waals surface area contributed by atoms with Crippen molar-refractivity contribution >= 4 is 17.1 Å². The lowest BCUT2D eigenvalue weighted by Gasteiger charge is -2.31. The first-order valence-electron chi connectivity index (χ1n) is 10.0.